The second-order valence-electron chi connectivity index (χ2n) is 9.57. The van der Waals surface area contributed by atoms with Gasteiger partial charge in [0.2, 0.25) is 5.72 Å². The molecule has 164 valence electrons. The lowest BCUT2D eigenvalue weighted by molar-refractivity contribution is 0.0776. The molecular weight excluding hydrogens is 404 g/mol. The molecule has 1 spiro atoms. The van der Waals surface area contributed by atoms with Crippen LogP contribution in [0.1, 0.15) is 31.4 Å². The molecule has 0 aliphatic carbocycles. The lowest BCUT2D eigenvalue weighted by Gasteiger charge is -2.46. The minimum atomic E-state index is -0.664. The smallest absolute Gasteiger partial charge is 0.228 e. The molecule has 0 saturated heterocycles. The predicted octanol–water partition coefficient (Wildman–Crippen LogP) is 7.06. The number of para-hydroxylation sites is 1. The molecule has 0 fully saturated rings. The van der Waals surface area contributed by atoms with Crippen LogP contribution in [0.3, 0.4) is 0 Å². The molecule has 0 N–H and O–H groups in total. The van der Waals surface area contributed by atoms with Crippen molar-refractivity contribution in [3.63, 3.8) is 0 Å². The first-order chi connectivity index (χ1) is 16.1. The zero-order valence-electron chi connectivity index (χ0n) is 19.2. The van der Waals surface area contributed by atoms with Gasteiger partial charge < -0.3 is 9.64 Å². The van der Waals surface area contributed by atoms with Crippen LogP contribution in [0.5, 0.6) is 5.75 Å². The molecule has 6 rings (SSSR count). The van der Waals surface area contributed by atoms with Gasteiger partial charge in [-0.25, -0.2) is 0 Å². The van der Waals surface area contributed by atoms with E-state index < -0.39 is 5.72 Å². The van der Waals surface area contributed by atoms with Gasteiger partial charge in [0.25, 0.3) is 0 Å². The highest BCUT2D eigenvalue weighted by molar-refractivity contribution is 5.99. The summed E-state index contributed by atoms with van der Waals surface area (Å²) in [5, 5.41) is 2.31. The van der Waals surface area contributed by atoms with Gasteiger partial charge in [0.1, 0.15) is 11.4 Å². The highest BCUT2D eigenvalue weighted by atomic mass is 16.5. The van der Waals surface area contributed by atoms with Crippen LogP contribution in [0.15, 0.2) is 96.0 Å². The molecule has 1 unspecified atom stereocenters. The molecule has 1 atom stereocenters. The van der Waals surface area contributed by atoms with Crippen molar-refractivity contribution in [2.75, 3.05) is 11.4 Å². The van der Waals surface area contributed by atoms with Gasteiger partial charge in [0.05, 0.1) is 11.6 Å². The number of rotatable bonds is 4. The Kier molecular flexibility index (Phi) is 4.55. The van der Waals surface area contributed by atoms with Gasteiger partial charge in [0.15, 0.2) is 0 Å². The van der Waals surface area contributed by atoms with E-state index in [1.165, 1.54) is 22.2 Å². The molecule has 2 aliphatic heterocycles. The summed E-state index contributed by atoms with van der Waals surface area (Å²) >= 11 is 0. The van der Waals surface area contributed by atoms with Crippen molar-refractivity contribution in [2.45, 2.75) is 37.8 Å². The molecule has 4 aromatic rings. The molecule has 0 radical (unpaired) electrons. The lowest BCUT2D eigenvalue weighted by Crippen LogP contribution is -2.62. The van der Waals surface area contributed by atoms with Gasteiger partial charge in [-0.1, -0.05) is 78.9 Å². The van der Waals surface area contributed by atoms with Gasteiger partial charge in [-0.2, -0.15) is 0 Å². The number of nitrogens with zero attached hydrogens (tertiary/aromatic N) is 2. The number of aryl methyl sites for hydroxylation is 1. The maximum atomic E-state index is 6.98. The topological polar surface area (TPSA) is 24.8 Å². The average molecular weight is 433 g/mol. The standard InChI is InChI=1S/C30H28N2O/c1-29(2)25-16-8-9-17-26(25)32(20-10-13-22-11-4-3-5-12-22)30(29)21-31-28-24-15-7-6-14-23(24)18-19-27(28)33-30/h3-9,11-12,14-19,21H,10,13,20H2,1-2H3. The van der Waals surface area contributed by atoms with Crippen molar-refractivity contribution >= 4 is 28.4 Å². The Bertz CT molecular complexity index is 1360. The molecule has 0 aromatic heterocycles. The maximum absolute atomic E-state index is 6.98. The summed E-state index contributed by atoms with van der Waals surface area (Å²) in [6.07, 6.45) is 4.14. The van der Waals surface area contributed by atoms with Crippen molar-refractivity contribution in [3.05, 3.63) is 102 Å². The van der Waals surface area contributed by atoms with Crippen molar-refractivity contribution in [2.24, 2.45) is 4.99 Å². The van der Waals surface area contributed by atoms with Crippen LogP contribution in [-0.2, 0) is 11.8 Å². The van der Waals surface area contributed by atoms with Crippen molar-refractivity contribution in [1.29, 1.82) is 0 Å². The Balaban J connectivity index is 1.41. The number of ether oxygens (including phenoxy) is 1. The largest absolute Gasteiger partial charge is 0.459 e. The quantitative estimate of drug-likeness (QED) is 0.345. The third-order valence-electron chi connectivity index (χ3n) is 7.35. The van der Waals surface area contributed by atoms with Gasteiger partial charge in [-0.05, 0) is 55.3 Å². The first kappa shape index (κ1) is 20.0. The van der Waals surface area contributed by atoms with Crippen LogP contribution < -0.4 is 9.64 Å². The molecule has 0 saturated carbocycles. The van der Waals surface area contributed by atoms with Crippen LogP contribution in [0.2, 0.25) is 0 Å². The number of hydrogen-bond acceptors (Lipinski definition) is 3. The molecule has 2 aliphatic rings. The summed E-state index contributed by atoms with van der Waals surface area (Å²) in [5.74, 6) is 0.852. The third kappa shape index (κ3) is 2.99. The lowest BCUT2D eigenvalue weighted by atomic mass is 9.77. The number of anilines is 1. The van der Waals surface area contributed by atoms with Crippen molar-refractivity contribution in [3.8, 4) is 5.75 Å². The average Bonchev–Trinajstić information content (AvgIpc) is 3.03. The van der Waals surface area contributed by atoms with Gasteiger partial charge in [-0.3, -0.25) is 4.99 Å². The minimum Gasteiger partial charge on any atom is -0.459 e. The van der Waals surface area contributed by atoms with Crippen LogP contribution >= 0.6 is 0 Å². The van der Waals surface area contributed by atoms with E-state index in [9.17, 15) is 0 Å². The molecule has 2 heterocycles. The van der Waals surface area contributed by atoms with Crippen LogP contribution in [0.4, 0.5) is 11.4 Å². The minimum absolute atomic E-state index is 0.261. The zero-order valence-corrected chi connectivity index (χ0v) is 19.2. The molecule has 33 heavy (non-hydrogen) atoms. The van der Waals surface area contributed by atoms with Crippen LogP contribution in [0, 0.1) is 0 Å². The number of benzene rings is 4. The van der Waals surface area contributed by atoms with Crippen molar-refractivity contribution < 1.29 is 4.74 Å². The summed E-state index contributed by atoms with van der Waals surface area (Å²) in [5.41, 5.74) is 3.92. The third-order valence-corrected chi connectivity index (χ3v) is 7.35. The fraction of sp³-hybridized carbons (Fsp3) is 0.233. The Hall–Kier alpha value is -3.59. The normalized spacial score (nSPS) is 20.0. The Labute approximate surface area is 195 Å². The fourth-order valence-electron chi connectivity index (χ4n) is 5.53. The molecule has 4 aromatic carbocycles. The summed E-state index contributed by atoms with van der Waals surface area (Å²) in [6, 6.07) is 32.0. The molecule has 3 nitrogen and oxygen atoms in total. The van der Waals surface area contributed by atoms with E-state index in [1.54, 1.807) is 0 Å². The molecular formula is C30H28N2O. The monoisotopic (exact) mass is 432 g/mol. The van der Waals surface area contributed by atoms with E-state index in [2.05, 4.69) is 116 Å². The Morgan fingerprint density at radius 3 is 2.45 bits per heavy atom. The van der Waals surface area contributed by atoms with Crippen LogP contribution in [0.25, 0.3) is 10.8 Å². The van der Waals surface area contributed by atoms with E-state index in [0.717, 1.165) is 36.2 Å². The maximum Gasteiger partial charge on any atom is 0.228 e. The summed E-state index contributed by atoms with van der Waals surface area (Å²) < 4.78 is 6.98. The summed E-state index contributed by atoms with van der Waals surface area (Å²) in [6.45, 7) is 5.45. The van der Waals surface area contributed by atoms with E-state index in [0.29, 0.717) is 0 Å². The van der Waals surface area contributed by atoms with Gasteiger partial charge in [-0.15, -0.1) is 0 Å². The molecule has 0 amide bonds. The highest BCUT2D eigenvalue weighted by Crippen LogP contribution is 2.54. The van der Waals surface area contributed by atoms with E-state index in [-0.39, 0.29) is 5.41 Å². The second kappa shape index (κ2) is 7.48. The SMILES string of the molecule is CC1(C)c2ccccc2N(CCCc2ccccc2)C12C=Nc1c(ccc3ccccc13)O2. The van der Waals surface area contributed by atoms with E-state index >= 15 is 0 Å². The van der Waals surface area contributed by atoms with Crippen LogP contribution in [-0.4, -0.2) is 18.5 Å². The molecule has 3 heteroatoms. The Morgan fingerprint density at radius 1 is 0.818 bits per heavy atom. The first-order valence-electron chi connectivity index (χ1n) is 11.8. The number of fused-ring (bicyclic) bond motifs is 4. The van der Waals surface area contributed by atoms with Gasteiger partial charge >= 0.3 is 0 Å². The first-order valence-corrected chi connectivity index (χ1v) is 11.8. The van der Waals surface area contributed by atoms with Crippen molar-refractivity contribution in [1.82, 2.24) is 0 Å². The number of hydrogen-bond donors (Lipinski definition) is 0. The predicted molar refractivity (Wildman–Crippen MR) is 137 cm³/mol. The Morgan fingerprint density at radius 2 is 1.58 bits per heavy atom. The van der Waals surface area contributed by atoms with E-state index in [4.69, 9.17) is 9.73 Å². The summed E-state index contributed by atoms with van der Waals surface area (Å²) in [7, 11) is 0. The number of aliphatic imine (C=N–C) groups is 1. The van der Waals surface area contributed by atoms with Gasteiger partial charge in [0, 0.05) is 17.6 Å². The highest BCUT2D eigenvalue weighted by Gasteiger charge is 2.59. The zero-order chi connectivity index (χ0) is 22.5. The molecule has 0 bridgehead atoms. The fourth-order valence-corrected chi connectivity index (χ4v) is 5.53. The summed E-state index contributed by atoms with van der Waals surface area (Å²) in [4.78, 5) is 7.50. The van der Waals surface area contributed by atoms with E-state index in [1.807, 2.05) is 0 Å². The second-order valence-corrected chi connectivity index (χ2v) is 9.57.